The van der Waals surface area contributed by atoms with Crippen LogP contribution in [0.5, 0.6) is 0 Å². The molecule has 0 aromatic carbocycles. The first-order valence-corrected chi connectivity index (χ1v) is 5.72. The van der Waals surface area contributed by atoms with Gasteiger partial charge in [-0.3, -0.25) is 9.59 Å². The molecule has 0 saturated carbocycles. The standard InChI is InChI=1S/C10H15NO3S/c1-7-8(2)15-10(14)11(7)6-4-3-5-9(12)13/h3-6H2,1-2H3,(H,12,13). The predicted octanol–water partition coefficient (Wildman–Crippen LogP) is 1.78. The molecule has 5 heteroatoms. The van der Waals surface area contributed by atoms with Crippen LogP contribution in [0.3, 0.4) is 0 Å². The molecule has 1 heterocycles. The van der Waals surface area contributed by atoms with Gasteiger partial charge in [0.1, 0.15) is 0 Å². The second-order valence-corrected chi connectivity index (χ2v) is 4.68. The fourth-order valence-electron chi connectivity index (χ4n) is 1.39. The summed E-state index contributed by atoms with van der Waals surface area (Å²) in [4.78, 5) is 22.8. The van der Waals surface area contributed by atoms with Crippen LogP contribution < -0.4 is 4.87 Å². The van der Waals surface area contributed by atoms with Crippen LogP contribution in [0.25, 0.3) is 0 Å². The molecule has 0 unspecified atom stereocenters. The molecule has 0 spiro atoms. The van der Waals surface area contributed by atoms with Crippen molar-refractivity contribution in [3.63, 3.8) is 0 Å². The Morgan fingerprint density at radius 1 is 1.40 bits per heavy atom. The van der Waals surface area contributed by atoms with Gasteiger partial charge in [-0.1, -0.05) is 11.3 Å². The number of carboxylic acids is 1. The van der Waals surface area contributed by atoms with Gasteiger partial charge in [0.05, 0.1) is 0 Å². The predicted molar refractivity (Wildman–Crippen MR) is 59.5 cm³/mol. The Balaban J connectivity index is 2.51. The van der Waals surface area contributed by atoms with Crippen molar-refractivity contribution in [1.82, 2.24) is 4.57 Å². The zero-order valence-corrected chi connectivity index (χ0v) is 9.76. The smallest absolute Gasteiger partial charge is 0.307 e. The van der Waals surface area contributed by atoms with E-state index in [-0.39, 0.29) is 11.3 Å². The van der Waals surface area contributed by atoms with Crippen molar-refractivity contribution in [2.24, 2.45) is 0 Å². The third-order valence-corrected chi connectivity index (χ3v) is 3.39. The zero-order valence-electron chi connectivity index (χ0n) is 8.95. The van der Waals surface area contributed by atoms with Gasteiger partial charge >= 0.3 is 10.8 Å². The highest BCUT2D eigenvalue weighted by atomic mass is 32.1. The number of carbonyl (C=O) groups is 1. The quantitative estimate of drug-likeness (QED) is 0.783. The summed E-state index contributed by atoms with van der Waals surface area (Å²) in [5, 5.41) is 8.46. The van der Waals surface area contributed by atoms with Crippen molar-refractivity contribution < 1.29 is 9.90 Å². The Morgan fingerprint density at radius 3 is 2.53 bits per heavy atom. The van der Waals surface area contributed by atoms with E-state index in [2.05, 4.69) is 0 Å². The summed E-state index contributed by atoms with van der Waals surface area (Å²) in [6, 6.07) is 0. The third-order valence-electron chi connectivity index (χ3n) is 2.40. The summed E-state index contributed by atoms with van der Waals surface area (Å²) in [6.45, 7) is 4.47. The van der Waals surface area contributed by atoms with Gasteiger partial charge in [-0.25, -0.2) is 0 Å². The molecule has 1 rings (SSSR count). The number of thiazole rings is 1. The van der Waals surface area contributed by atoms with E-state index in [0.29, 0.717) is 13.0 Å². The van der Waals surface area contributed by atoms with Crippen LogP contribution in [-0.4, -0.2) is 15.6 Å². The minimum absolute atomic E-state index is 0.0559. The molecule has 15 heavy (non-hydrogen) atoms. The van der Waals surface area contributed by atoms with Gasteiger partial charge in [0.2, 0.25) is 0 Å². The Bertz CT molecular complexity index is 405. The summed E-state index contributed by atoms with van der Waals surface area (Å²) in [7, 11) is 0. The van der Waals surface area contributed by atoms with Gasteiger partial charge in [0, 0.05) is 23.5 Å². The van der Waals surface area contributed by atoms with Crippen LogP contribution in [0.4, 0.5) is 0 Å². The van der Waals surface area contributed by atoms with E-state index in [0.717, 1.165) is 17.0 Å². The lowest BCUT2D eigenvalue weighted by atomic mass is 10.2. The third kappa shape index (κ3) is 3.20. The van der Waals surface area contributed by atoms with Crippen LogP contribution in [0, 0.1) is 13.8 Å². The first kappa shape index (κ1) is 12.0. The lowest BCUT2D eigenvalue weighted by Gasteiger charge is -2.03. The van der Waals surface area contributed by atoms with Crippen LogP contribution in [0.1, 0.15) is 29.8 Å². The maximum absolute atomic E-state index is 11.5. The molecular weight excluding hydrogens is 214 g/mol. The molecule has 1 aromatic heterocycles. The lowest BCUT2D eigenvalue weighted by Crippen LogP contribution is -2.14. The highest BCUT2D eigenvalue weighted by molar-refractivity contribution is 7.09. The van der Waals surface area contributed by atoms with Gasteiger partial charge in [0.25, 0.3) is 0 Å². The Labute approximate surface area is 92.2 Å². The van der Waals surface area contributed by atoms with E-state index >= 15 is 0 Å². The molecule has 0 radical (unpaired) electrons. The first-order chi connectivity index (χ1) is 7.02. The highest BCUT2D eigenvalue weighted by Gasteiger charge is 2.06. The lowest BCUT2D eigenvalue weighted by molar-refractivity contribution is -0.137. The minimum Gasteiger partial charge on any atom is -0.481 e. The van der Waals surface area contributed by atoms with Crippen LogP contribution >= 0.6 is 11.3 Å². The van der Waals surface area contributed by atoms with Crippen molar-refractivity contribution in [1.29, 1.82) is 0 Å². The number of nitrogens with zero attached hydrogens (tertiary/aromatic N) is 1. The van der Waals surface area contributed by atoms with Gasteiger partial charge in [-0.15, -0.1) is 0 Å². The van der Waals surface area contributed by atoms with Crippen molar-refractivity contribution in [3.8, 4) is 0 Å². The number of carboxylic acid groups (broad SMARTS) is 1. The monoisotopic (exact) mass is 229 g/mol. The first-order valence-electron chi connectivity index (χ1n) is 4.91. The largest absolute Gasteiger partial charge is 0.481 e. The number of aliphatic carboxylic acids is 1. The fourth-order valence-corrected chi connectivity index (χ4v) is 2.25. The molecule has 84 valence electrons. The molecule has 0 saturated heterocycles. The minimum atomic E-state index is -0.777. The maximum Gasteiger partial charge on any atom is 0.307 e. The summed E-state index contributed by atoms with van der Waals surface area (Å²) < 4.78 is 1.72. The molecule has 0 fully saturated rings. The maximum atomic E-state index is 11.5. The molecule has 0 atom stereocenters. The molecule has 0 amide bonds. The average molecular weight is 229 g/mol. The summed E-state index contributed by atoms with van der Waals surface area (Å²) >= 11 is 1.25. The van der Waals surface area contributed by atoms with Gasteiger partial charge in [-0.05, 0) is 26.7 Å². The topological polar surface area (TPSA) is 59.3 Å². The summed E-state index contributed by atoms with van der Waals surface area (Å²) in [5.41, 5.74) is 1.00. The van der Waals surface area contributed by atoms with E-state index in [1.165, 1.54) is 11.3 Å². The molecule has 0 aliphatic carbocycles. The van der Waals surface area contributed by atoms with Crippen LogP contribution in [-0.2, 0) is 11.3 Å². The number of hydrogen-bond donors (Lipinski definition) is 1. The number of rotatable bonds is 5. The SMILES string of the molecule is Cc1sc(=O)n(CCCCC(=O)O)c1C. The number of aryl methyl sites for hydroxylation is 1. The number of unbranched alkanes of at least 4 members (excludes halogenated alkanes) is 1. The fraction of sp³-hybridized carbons (Fsp3) is 0.600. The summed E-state index contributed by atoms with van der Waals surface area (Å²) in [5.74, 6) is -0.777. The molecule has 0 bridgehead atoms. The van der Waals surface area contributed by atoms with Gasteiger partial charge in [-0.2, -0.15) is 0 Å². The van der Waals surface area contributed by atoms with Crippen molar-refractivity contribution >= 4 is 17.3 Å². The second-order valence-electron chi connectivity index (χ2n) is 3.51. The second kappa shape index (κ2) is 5.11. The Hall–Kier alpha value is -1.10. The molecule has 4 nitrogen and oxygen atoms in total. The molecule has 1 N–H and O–H groups in total. The molecular formula is C10H15NO3S. The molecule has 1 aromatic rings. The van der Waals surface area contributed by atoms with Crippen molar-refractivity contribution in [2.45, 2.75) is 39.7 Å². The van der Waals surface area contributed by atoms with Crippen LogP contribution in [0.2, 0.25) is 0 Å². The number of hydrogen-bond acceptors (Lipinski definition) is 3. The van der Waals surface area contributed by atoms with Crippen molar-refractivity contribution in [3.05, 3.63) is 20.2 Å². The van der Waals surface area contributed by atoms with E-state index in [9.17, 15) is 9.59 Å². The Kier molecular flexibility index (Phi) is 4.08. The highest BCUT2D eigenvalue weighted by Crippen LogP contribution is 2.10. The average Bonchev–Trinajstić information content (AvgIpc) is 2.37. The zero-order chi connectivity index (χ0) is 11.4. The molecule has 0 aliphatic rings. The molecule has 0 aliphatic heterocycles. The summed E-state index contributed by atoms with van der Waals surface area (Å²) in [6.07, 6.45) is 1.54. The van der Waals surface area contributed by atoms with E-state index < -0.39 is 5.97 Å². The number of aromatic nitrogens is 1. The van der Waals surface area contributed by atoms with Crippen LogP contribution in [0.15, 0.2) is 4.79 Å². The normalized spacial score (nSPS) is 10.5. The van der Waals surface area contributed by atoms with Crippen molar-refractivity contribution in [2.75, 3.05) is 0 Å². The van der Waals surface area contributed by atoms with E-state index in [1.54, 1.807) is 4.57 Å². The van der Waals surface area contributed by atoms with E-state index in [4.69, 9.17) is 5.11 Å². The van der Waals surface area contributed by atoms with Gasteiger partial charge in [0.15, 0.2) is 0 Å². The van der Waals surface area contributed by atoms with Gasteiger partial charge < -0.3 is 9.67 Å². The Morgan fingerprint density at radius 2 is 2.07 bits per heavy atom. The van der Waals surface area contributed by atoms with E-state index in [1.807, 2.05) is 13.8 Å².